The van der Waals surface area contributed by atoms with Crippen molar-refractivity contribution in [2.45, 2.75) is 47.0 Å². The summed E-state index contributed by atoms with van der Waals surface area (Å²) in [5.74, 6) is 1.73. The van der Waals surface area contributed by atoms with Gasteiger partial charge in [-0.1, -0.05) is 49.4 Å². The van der Waals surface area contributed by atoms with Crippen molar-refractivity contribution in [3.63, 3.8) is 0 Å². The Morgan fingerprint density at radius 2 is 1.69 bits per heavy atom. The van der Waals surface area contributed by atoms with Gasteiger partial charge in [0.1, 0.15) is 22.7 Å². The highest BCUT2D eigenvalue weighted by molar-refractivity contribution is 7.22. The van der Waals surface area contributed by atoms with Crippen LogP contribution in [0.25, 0.3) is 10.3 Å². The van der Waals surface area contributed by atoms with Crippen molar-refractivity contribution in [1.82, 2.24) is 20.1 Å². The minimum atomic E-state index is 0.0732. The van der Waals surface area contributed by atoms with Crippen LogP contribution >= 0.6 is 11.3 Å². The summed E-state index contributed by atoms with van der Waals surface area (Å²) in [6, 6.07) is 8.48. The van der Waals surface area contributed by atoms with Crippen LogP contribution in [0, 0.1) is 20.8 Å². The number of benzene rings is 1. The summed E-state index contributed by atoms with van der Waals surface area (Å²) in [5.41, 5.74) is 10.7. The molecule has 7 nitrogen and oxygen atoms in total. The number of nitrogens with zero attached hydrogens (tertiary/aromatic N) is 5. The number of aryl methyl sites for hydroxylation is 3. The van der Waals surface area contributed by atoms with Crippen molar-refractivity contribution in [2.75, 3.05) is 10.6 Å². The van der Waals surface area contributed by atoms with Gasteiger partial charge in [-0.05, 0) is 43.9 Å². The lowest BCUT2D eigenvalue weighted by molar-refractivity contribution is 0.393. The fraction of sp³-hybridized carbons (Fsp3) is 0.333. The largest absolute Gasteiger partial charge is 0.382 e. The number of rotatable bonds is 3. The molecule has 3 heterocycles. The van der Waals surface area contributed by atoms with Gasteiger partial charge in [0, 0.05) is 5.69 Å². The number of nitrogens with two attached hydrogens (primary N) is 1. The zero-order valence-electron chi connectivity index (χ0n) is 17.4. The van der Waals surface area contributed by atoms with E-state index in [4.69, 9.17) is 15.2 Å². The Bertz CT molecular complexity index is 1170. The van der Waals surface area contributed by atoms with Crippen LogP contribution in [0.2, 0.25) is 0 Å². The van der Waals surface area contributed by atoms with Gasteiger partial charge in [-0.25, -0.2) is 15.0 Å². The molecule has 0 saturated heterocycles. The van der Waals surface area contributed by atoms with E-state index in [-0.39, 0.29) is 5.41 Å². The molecule has 150 valence electrons. The fourth-order valence-corrected chi connectivity index (χ4v) is 4.30. The zero-order chi connectivity index (χ0) is 20.9. The molecule has 0 fully saturated rings. The molecule has 0 spiro atoms. The van der Waals surface area contributed by atoms with Crippen molar-refractivity contribution < 1.29 is 4.52 Å². The second-order valence-corrected chi connectivity index (χ2v) is 9.07. The average molecular weight is 409 g/mol. The summed E-state index contributed by atoms with van der Waals surface area (Å²) in [4.78, 5) is 16.3. The summed E-state index contributed by atoms with van der Waals surface area (Å²) in [5, 5.41) is 4.88. The number of nitrogen functional groups attached to an aromatic ring is 1. The first-order chi connectivity index (χ1) is 13.6. The molecule has 0 amide bonds. The van der Waals surface area contributed by atoms with Crippen LogP contribution in [0.4, 0.5) is 22.3 Å². The van der Waals surface area contributed by atoms with Gasteiger partial charge in [-0.15, -0.1) is 0 Å². The van der Waals surface area contributed by atoms with Crippen LogP contribution in [0.3, 0.4) is 0 Å². The molecule has 29 heavy (non-hydrogen) atoms. The Labute approximate surface area is 173 Å². The first-order valence-corrected chi connectivity index (χ1v) is 10.2. The summed E-state index contributed by atoms with van der Waals surface area (Å²) < 4.78 is 5.45. The third kappa shape index (κ3) is 3.44. The standard InChI is InChI=1S/C21H24N6OS/c1-11-17(12(2)28-26-11)27(15-9-7-14(8-10-15)21(4,5)6)20-25-16-18(22)23-13(3)24-19(16)29-20/h7-10H,1-6H3,(H2,22,23,24). The van der Waals surface area contributed by atoms with Crippen LogP contribution in [-0.2, 0) is 5.41 Å². The second-order valence-electron chi connectivity index (χ2n) is 8.11. The molecule has 0 aliphatic carbocycles. The van der Waals surface area contributed by atoms with E-state index in [1.165, 1.54) is 16.9 Å². The normalized spacial score (nSPS) is 11.9. The van der Waals surface area contributed by atoms with E-state index in [0.29, 0.717) is 17.2 Å². The number of hydrogen-bond donors (Lipinski definition) is 1. The molecular weight excluding hydrogens is 384 g/mol. The SMILES string of the molecule is Cc1nc(N)c2nc(N(c3ccc(C(C)(C)C)cc3)c3c(C)noc3C)sc2n1. The Morgan fingerprint density at radius 3 is 2.28 bits per heavy atom. The molecule has 0 atom stereocenters. The monoisotopic (exact) mass is 408 g/mol. The molecule has 0 unspecified atom stereocenters. The minimum Gasteiger partial charge on any atom is -0.382 e. The molecule has 3 aromatic heterocycles. The Balaban J connectivity index is 1.92. The lowest BCUT2D eigenvalue weighted by atomic mass is 9.87. The van der Waals surface area contributed by atoms with Crippen LogP contribution in [0.15, 0.2) is 28.8 Å². The van der Waals surface area contributed by atoms with E-state index in [9.17, 15) is 0 Å². The lowest BCUT2D eigenvalue weighted by Gasteiger charge is -2.24. The van der Waals surface area contributed by atoms with Gasteiger partial charge in [0.15, 0.2) is 21.5 Å². The lowest BCUT2D eigenvalue weighted by Crippen LogP contribution is -2.13. The molecule has 0 aliphatic heterocycles. The summed E-state index contributed by atoms with van der Waals surface area (Å²) in [6.45, 7) is 12.3. The molecule has 8 heteroatoms. The third-order valence-electron chi connectivity index (χ3n) is 4.79. The van der Waals surface area contributed by atoms with Crippen molar-refractivity contribution in [3.8, 4) is 0 Å². The van der Waals surface area contributed by atoms with Gasteiger partial charge in [0.2, 0.25) is 0 Å². The predicted molar refractivity (Wildman–Crippen MR) is 117 cm³/mol. The maximum atomic E-state index is 6.10. The van der Waals surface area contributed by atoms with Crippen molar-refractivity contribution in [2.24, 2.45) is 0 Å². The van der Waals surface area contributed by atoms with Crippen molar-refractivity contribution in [1.29, 1.82) is 0 Å². The molecule has 0 bridgehead atoms. The van der Waals surface area contributed by atoms with Gasteiger partial charge < -0.3 is 10.3 Å². The molecular formula is C21H24N6OS. The number of hydrogen-bond acceptors (Lipinski definition) is 8. The van der Waals surface area contributed by atoms with Crippen LogP contribution in [0.1, 0.15) is 43.6 Å². The van der Waals surface area contributed by atoms with Gasteiger partial charge in [-0.3, -0.25) is 4.90 Å². The Kier molecular flexibility index (Phi) is 4.53. The van der Waals surface area contributed by atoms with Gasteiger partial charge in [0.05, 0.1) is 0 Å². The summed E-state index contributed by atoms with van der Waals surface area (Å²) >= 11 is 1.47. The first-order valence-electron chi connectivity index (χ1n) is 9.39. The topological polar surface area (TPSA) is 94.0 Å². The molecule has 1 aromatic carbocycles. The first kappa shape index (κ1) is 19.3. The highest BCUT2D eigenvalue weighted by Crippen LogP contribution is 2.42. The number of fused-ring (bicyclic) bond motifs is 1. The summed E-state index contributed by atoms with van der Waals surface area (Å²) in [7, 11) is 0. The quantitative estimate of drug-likeness (QED) is 0.488. The maximum absolute atomic E-state index is 6.10. The molecule has 0 aliphatic rings. The van der Waals surface area contributed by atoms with E-state index in [0.717, 1.165) is 32.8 Å². The number of thiazole rings is 1. The van der Waals surface area contributed by atoms with E-state index in [2.05, 4.69) is 65.1 Å². The van der Waals surface area contributed by atoms with Crippen molar-refractivity contribution >= 4 is 44.0 Å². The zero-order valence-corrected chi connectivity index (χ0v) is 18.3. The van der Waals surface area contributed by atoms with Crippen LogP contribution in [0.5, 0.6) is 0 Å². The molecule has 0 radical (unpaired) electrons. The fourth-order valence-electron chi connectivity index (χ4n) is 3.28. The van der Waals surface area contributed by atoms with E-state index >= 15 is 0 Å². The molecule has 4 rings (SSSR count). The van der Waals surface area contributed by atoms with E-state index in [1.54, 1.807) is 0 Å². The Hall–Kier alpha value is -3.00. The molecule has 4 aromatic rings. The van der Waals surface area contributed by atoms with Gasteiger partial charge in [-0.2, -0.15) is 0 Å². The number of aromatic nitrogens is 4. The van der Waals surface area contributed by atoms with E-state index < -0.39 is 0 Å². The van der Waals surface area contributed by atoms with Crippen LogP contribution < -0.4 is 10.6 Å². The number of anilines is 4. The third-order valence-corrected chi connectivity index (χ3v) is 5.72. The second kappa shape index (κ2) is 6.81. The highest BCUT2D eigenvalue weighted by atomic mass is 32.1. The van der Waals surface area contributed by atoms with Crippen LogP contribution in [-0.4, -0.2) is 20.1 Å². The predicted octanol–water partition coefficient (Wildman–Crippen LogP) is 5.35. The Morgan fingerprint density at radius 1 is 1.00 bits per heavy atom. The van der Waals surface area contributed by atoms with Crippen molar-refractivity contribution in [3.05, 3.63) is 47.1 Å². The molecule has 2 N–H and O–H groups in total. The average Bonchev–Trinajstić information content (AvgIpc) is 3.20. The molecule has 0 saturated carbocycles. The maximum Gasteiger partial charge on any atom is 0.197 e. The minimum absolute atomic E-state index is 0.0732. The smallest absolute Gasteiger partial charge is 0.197 e. The van der Waals surface area contributed by atoms with Gasteiger partial charge >= 0.3 is 0 Å². The van der Waals surface area contributed by atoms with E-state index in [1.807, 2.05) is 20.8 Å². The highest BCUT2D eigenvalue weighted by Gasteiger charge is 2.25. The summed E-state index contributed by atoms with van der Waals surface area (Å²) in [6.07, 6.45) is 0. The van der Waals surface area contributed by atoms with Gasteiger partial charge in [0.25, 0.3) is 0 Å².